The number of hydrogen-bond donors (Lipinski definition) is 1. The Hall–Kier alpha value is -0.940. The van der Waals surface area contributed by atoms with E-state index in [0.29, 0.717) is 0 Å². The molecule has 1 aromatic carbocycles. The highest BCUT2D eigenvalue weighted by Gasteiger charge is 2.39. The predicted molar refractivity (Wildman–Crippen MR) is 70.0 cm³/mol. The minimum atomic E-state index is -2.05. The molecule has 0 bridgehead atoms. The molecule has 1 rings (SSSR count). The smallest absolute Gasteiger partial charge is 0.343 e. The number of esters is 1. The van der Waals surface area contributed by atoms with Crippen molar-refractivity contribution in [2.75, 3.05) is 6.61 Å². The number of halogens is 2. The Kier molecular flexibility index (Phi) is 5.28. The summed E-state index contributed by atoms with van der Waals surface area (Å²) < 4.78 is 19.3. The van der Waals surface area contributed by atoms with E-state index in [1.54, 1.807) is 31.2 Å². The summed E-state index contributed by atoms with van der Waals surface area (Å²) in [6.45, 7) is 2.97. The van der Waals surface area contributed by atoms with Gasteiger partial charge in [-0.2, -0.15) is 0 Å². The van der Waals surface area contributed by atoms with Crippen molar-refractivity contribution >= 4 is 21.9 Å². The zero-order chi connectivity index (χ0) is 13.8. The van der Waals surface area contributed by atoms with Crippen LogP contribution in [0.3, 0.4) is 0 Å². The summed E-state index contributed by atoms with van der Waals surface area (Å²) in [6.07, 6.45) is -2.01. The van der Waals surface area contributed by atoms with E-state index in [-0.39, 0.29) is 13.0 Å². The number of hydrogen-bond acceptors (Lipinski definition) is 3. The van der Waals surface area contributed by atoms with Gasteiger partial charge in [0, 0.05) is 10.9 Å². The lowest BCUT2D eigenvalue weighted by Crippen LogP contribution is -2.44. The Morgan fingerprint density at radius 3 is 2.56 bits per heavy atom. The van der Waals surface area contributed by atoms with Crippen LogP contribution in [0, 0.1) is 0 Å². The molecule has 1 aromatic rings. The van der Waals surface area contributed by atoms with Crippen LogP contribution in [0.5, 0.6) is 0 Å². The summed E-state index contributed by atoms with van der Waals surface area (Å²) in [5.41, 5.74) is -1.03. The molecule has 0 aliphatic heterocycles. The molecule has 0 heterocycles. The van der Waals surface area contributed by atoms with Crippen LogP contribution >= 0.6 is 15.9 Å². The monoisotopic (exact) mass is 318 g/mol. The molecule has 100 valence electrons. The van der Waals surface area contributed by atoms with Gasteiger partial charge in [0.15, 0.2) is 0 Å². The fraction of sp³-hybridized carbons (Fsp3) is 0.462. The van der Waals surface area contributed by atoms with Crippen molar-refractivity contribution in [3.63, 3.8) is 0 Å². The first-order valence-electron chi connectivity index (χ1n) is 5.64. The normalized spacial score (nSPS) is 15.8. The van der Waals surface area contributed by atoms with Crippen LogP contribution in [0.4, 0.5) is 4.39 Å². The summed E-state index contributed by atoms with van der Waals surface area (Å²) in [5, 5.41) is 10.0. The molecule has 0 saturated carbocycles. The Morgan fingerprint density at radius 2 is 2.06 bits per heavy atom. The third-order valence-electron chi connectivity index (χ3n) is 2.51. The van der Waals surface area contributed by atoms with E-state index in [1.165, 1.54) is 6.92 Å². The van der Waals surface area contributed by atoms with Gasteiger partial charge in [0.1, 0.15) is 5.60 Å². The summed E-state index contributed by atoms with van der Waals surface area (Å²) >= 11 is 3.29. The van der Waals surface area contributed by atoms with Gasteiger partial charge in [-0.3, -0.25) is 0 Å². The molecular weight excluding hydrogens is 303 g/mol. The highest BCUT2D eigenvalue weighted by molar-refractivity contribution is 9.10. The predicted octanol–water partition coefficient (Wildman–Crippen LogP) is 2.64. The third-order valence-corrected chi connectivity index (χ3v) is 3.04. The summed E-state index contributed by atoms with van der Waals surface area (Å²) in [4.78, 5) is 11.3. The maximum atomic E-state index is 13.8. The van der Waals surface area contributed by atoms with Crippen LogP contribution in [0.2, 0.25) is 0 Å². The van der Waals surface area contributed by atoms with Gasteiger partial charge in [-0.25, -0.2) is 9.18 Å². The summed E-state index contributed by atoms with van der Waals surface area (Å²) in [6, 6.07) is 7.11. The first-order valence-corrected chi connectivity index (χ1v) is 6.43. The van der Waals surface area contributed by atoms with E-state index >= 15 is 0 Å². The minimum Gasteiger partial charge on any atom is -0.464 e. The lowest BCUT2D eigenvalue weighted by Gasteiger charge is -2.25. The Labute approximate surface area is 114 Å². The van der Waals surface area contributed by atoms with Gasteiger partial charge in [0.25, 0.3) is 0 Å². The lowest BCUT2D eigenvalue weighted by atomic mass is 9.92. The van der Waals surface area contributed by atoms with Gasteiger partial charge < -0.3 is 9.84 Å². The number of carbonyl (C=O) groups is 1. The second kappa shape index (κ2) is 6.29. The van der Waals surface area contributed by atoms with Crippen LogP contribution in [0.1, 0.15) is 19.4 Å². The maximum absolute atomic E-state index is 13.8. The van der Waals surface area contributed by atoms with Crippen LogP contribution < -0.4 is 0 Å². The second-order valence-electron chi connectivity index (χ2n) is 4.28. The number of alkyl halides is 1. The Bertz CT molecular complexity index is 403. The van der Waals surface area contributed by atoms with Gasteiger partial charge in [-0.05, 0) is 31.5 Å². The Morgan fingerprint density at radius 1 is 1.50 bits per heavy atom. The van der Waals surface area contributed by atoms with Gasteiger partial charge in [-0.15, -0.1) is 0 Å². The minimum absolute atomic E-state index is 0.0419. The number of rotatable bonds is 5. The first kappa shape index (κ1) is 15.1. The van der Waals surface area contributed by atoms with Crippen molar-refractivity contribution in [2.24, 2.45) is 0 Å². The zero-order valence-electron chi connectivity index (χ0n) is 10.3. The van der Waals surface area contributed by atoms with E-state index in [0.717, 1.165) is 10.0 Å². The molecule has 3 nitrogen and oxygen atoms in total. The molecule has 2 unspecified atom stereocenters. The number of carbonyl (C=O) groups excluding carboxylic acids is 1. The summed E-state index contributed by atoms with van der Waals surface area (Å²) in [5.74, 6) is -1.03. The van der Waals surface area contributed by atoms with E-state index in [1.807, 2.05) is 0 Å². The lowest BCUT2D eigenvalue weighted by molar-refractivity contribution is -0.159. The van der Waals surface area contributed by atoms with Crippen molar-refractivity contribution in [2.45, 2.75) is 32.0 Å². The van der Waals surface area contributed by atoms with Crippen molar-refractivity contribution in [3.8, 4) is 0 Å². The van der Waals surface area contributed by atoms with E-state index in [2.05, 4.69) is 20.7 Å². The molecule has 0 fully saturated rings. The largest absolute Gasteiger partial charge is 0.464 e. The van der Waals surface area contributed by atoms with Crippen molar-refractivity contribution in [3.05, 3.63) is 34.3 Å². The fourth-order valence-corrected chi connectivity index (χ4v) is 1.84. The molecule has 0 aliphatic rings. The van der Waals surface area contributed by atoms with Gasteiger partial charge in [0.05, 0.1) is 6.61 Å². The molecule has 0 aliphatic carbocycles. The molecule has 0 radical (unpaired) electrons. The maximum Gasteiger partial charge on any atom is 0.343 e. The highest BCUT2D eigenvalue weighted by atomic mass is 79.9. The second-order valence-corrected chi connectivity index (χ2v) is 5.19. The van der Waals surface area contributed by atoms with Crippen molar-refractivity contribution in [1.82, 2.24) is 0 Å². The van der Waals surface area contributed by atoms with Crippen LogP contribution in [0.25, 0.3) is 0 Å². The van der Waals surface area contributed by atoms with Crippen molar-refractivity contribution in [1.29, 1.82) is 0 Å². The molecule has 0 aromatic heterocycles. The van der Waals surface area contributed by atoms with Crippen LogP contribution in [0.15, 0.2) is 28.7 Å². The van der Waals surface area contributed by atoms with Gasteiger partial charge >= 0.3 is 5.97 Å². The van der Waals surface area contributed by atoms with Crippen LogP contribution in [-0.4, -0.2) is 29.5 Å². The quantitative estimate of drug-likeness (QED) is 0.849. The molecule has 0 saturated heterocycles. The van der Waals surface area contributed by atoms with E-state index in [4.69, 9.17) is 0 Å². The topological polar surface area (TPSA) is 46.5 Å². The van der Waals surface area contributed by atoms with E-state index in [9.17, 15) is 14.3 Å². The molecule has 0 amide bonds. The SMILES string of the molecule is CCOC(=O)C(F)C(C)(O)Cc1ccc(Br)cc1. The van der Waals surface area contributed by atoms with Gasteiger partial charge in [0.2, 0.25) is 6.17 Å². The molecule has 5 heteroatoms. The summed E-state index contributed by atoms with van der Waals surface area (Å²) in [7, 11) is 0. The molecule has 2 atom stereocenters. The molecule has 0 spiro atoms. The van der Waals surface area contributed by atoms with Crippen molar-refractivity contribution < 1.29 is 19.0 Å². The first-order chi connectivity index (χ1) is 8.36. The number of ether oxygens (including phenoxy) is 1. The molecule has 1 N–H and O–H groups in total. The number of aliphatic hydroxyl groups is 1. The standard InChI is InChI=1S/C13H16BrFO3/c1-3-18-12(16)11(15)13(2,17)8-9-4-6-10(14)7-5-9/h4-7,11,17H,3,8H2,1-2H3. The van der Waals surface area contributed by atoms with Gasteiger partial charge in [-0.1, -0.05) is 28.1 Å². The number of benzene rings is 1. The average molecular weight is 319 g/mol. The fourth-order valence-electron chi connectivity index (χ4n) is 1.57. The average Bonchev–Trinajstić information content (AvgIpc) is 2.31. The Balaban J connectivity index is 2.74. The highest BCUT2D eigenvalue weighted by Crippen LogP contribution is 2.22. The molecular formula is C13H16BrFO3. The zero-order valence-corrected chi connectivity index (χ0v) is 11.9. The van der Waals surface area contributed by atoms with E-state index < -0.39 is 17.7 Å². The van der Waals surface area contributed by atoms with Crippen LogP contribution in [-0.2, 0) is 16.0 Å². The molecule has 18 heavy (non-hydrogen) atoms. The third kappa shape index (κ3) is 4.07.